The summed E-state index contributed by atoms with van der Waals surface area (Å²) in [5.74, 6) is 1.25. The SMILES string of the molecule is COc1ccc(-c2n[nH]c(=S)n2CC(=O)NCCCn2cnc3ccccc32)cc1. The molecule has 1 amide bonds. The van der Waals surface area contributed by atoms with Crippen molar-refractivity contribution in [2.45, 2.75) is 19.5 Å². The highest BCUT2D eigenvalue weighted by Crippen LogP contribution is 2.20. The topological polar surface area (TPSA) is 89.8 Å². The quantitative estimate of drug-likeness (QED) is 0.336. The number of carbonyl (C=O) groups is 1. The van der Waals surface area contributed by atoms with Crippen LogP contribution in [0.4, 0.5) is 0 Å². The van der Waals surface area contributed by atoms with Crippen molar-refractivity contribution in [2.75, 3.05) is 13.7 Å². The Morgan fingerprint density at radius 3 is 2.80 bits per heavy atom. The van der Waals surface area contributed by atoms with Gasteiger partial charge >= 0.3 is 0 Å². The first-order valence-corrected chi connectivity index (χ1v) is 10.0. The number of benzene rings is 2. The smallest absolute Gasteiger partial charge is 0.240 e. The second-order valence-electron chi connectivity index (χ2n) is 6.80. The van der Waals surface area contributed by atoms with Gasteiger partial charge in [0, 0.05) is 18.7 Å². The lowest BCUT2D eigenvalue weighted by Gasteiger charge is -2.09. The summed E-state index contributed by atoms with van der Waals surface area (Å²) >= 11 is 5.30. The van der Waals surface area contributed by atoms with Crippen molar-refractivity contribution in [2.24, 2.45) is 0 Å². The highest BCUT2D eigenvalue weighted by atomic mass is 32.1. The van der Waals surface area contributed by atoms with E-state index in [0.717, 1.165) is 35.3 Å². The largest absolute Gasteiger partial charge is 0.497 e. The number of aromatic amines is 1. The number of aryl methyl sites for hydroxylation is 1. The molecule has 0 fully saturated rings. The maximum Gasteiger partial charge on any atom is 0.240 e. The van der Waals surface area contributed by atoms with E-state index in [9.17, 15) is 4.79 Å². The fourth-order valence-electron chi connectivity index (χ4n) is 3.29. The molecule has 4 rings (SSSR count). The molecule has 154 valence electrons. The maximum atomic E-state index is 12.5. The molecule has 2 aromatic heterocycles. The number of amides is 1. The van der Waals surface area contributed by atoms with Crippen molar-refractivity contribution in [1.29, 1.82) is 0 Å². The fraction of sp³-hybridized carbons (Fsp3) is 0.238. The molecule has 0 aliphatic carbocycles. The van der Waals surface area contributed by atoms with Crippen LogP contribution in [0.2, 0.25) is 0 Å². The maximum absolute atomic E-state index is 12.5. The molecule has 0 aliphatic rings. The second-order valence-corrected chi connectivity index (χ2v) is 7.18. The minimum Gasteiger partial charge on any atom is -0.497 e. The Hall–Kier alpha value is -3.46. The number of imidazole rings is 1. The zero-order valence-electron chi connectivity index (χ0n) is 16.5. The van der Waals surface area contributed by atoms with Gasteiger partial charge in [-0.1, -0.05) is 12.1 Å². The van der Waals surface area contributed by atoms with Gasteiger partial charge in [0.2, 0.25) is 5.91 Å². The van der Waals surface area contributed by atoms with Gasteiger partial charge in [-0.2, -0.15) is 5.10 Å². The average Bonchev–Trinajstić information content (AvgIpc) is 3.35. The number of rotatable bonds is 8. The number of H-pyrrole nitrogens is 1. The monoisotopic (exact) mass is 422 g/mol. The summed E-state index contributed by atoms with van der Waals surface area (Å²) in [7, 11) is 1.62. The van der Waals surface area contributed by atoms with Gasteiger partial charge in [-0.25, -0.2) is 4.98 Å². The van der Waals surface area contributed by atoms with Gasteiger partial charge in [-0.15, -0.1) is 0 Å². The summed E-state index contributed by atoms with van der Waals surface area (Å²) in [6, 6.07) is 15.5. The van der Waals surface area contributed by atoms with E-state index in [1.165, 1.54) is 0 Å². The molecule has 0 spiro atoms. The summed E-state index contributed by atoms with van der Waals surface area (Å²) in [5.41, 5.74) is 2.92. The van der Waals surface area contributed by atoms with Crippen LogP contribution in [0.3, 0.4) is 0 Å². The molecule has 0 saturated heterocycles. The molecule has 0 saturated carbocycles. The van der Waals surface area contributed by atoms with E-state index in [4.69, 9.17) is 17.0 Å². The second kappa shape index (κ2) is 8.91. The first-order valence-electron chi connectivity index (χ1n) is 9.62. The van der Waals surface area contributed by atoms with Crippen molar-refractivity contribution in [3.63, 3.8) is 0 Å². The number of carbonyl (C=O) groups excluding carboxylic acids is 1. The van der Waals surface area contributed by atoms with E-state index >= 15 is 0 Å². The number of ether oxygens (including phenoxy) is 1. The number of para-hydroxylation sites is 2. The summed E-state index contributed by atoms with van der Waals surface area (Å²) in [6.07, 6.45) is 2.63. The number of aromatic nitrogens is 5. The van der Waals surface area contributed by atoms with Crippen LogP contribution in [0.1, 0.15) is 6.42 Å². The number of hydrogen-bond donors (Lipinski definition) is 2. The van der Waals surface area contributed by atoms with Gasteiger partial charge in [0.1, 0.15) is 12.3 Å². The molecular weight excluding hydrogens is 400 g/mol. The normalized spacial score (nSPS) is 11.0. The molecule has 0 unspecified atom stereocenters. The van der Waals surface area contributed by atoms with E-state index < -0.39 is 0 Å². The Kier molecular flexibility index (Phi) is 5.89. The summed E-state index contributed by atoms with van der Waals surface area (Å²) in [6.45, 7) is 1.45. The van der Waals surface area contributed by atoms with E-state index in [1.54, 1.807) is 11.7 Å². The van der Waals surface area contributed by atoms with Gasteiger partial charge in [0.25, 0.3) is 0 Å². The predicted octanol–water partition coefficient (Wildman–Crippen LogP) is 3.17. The Bertz CT molecular complexity index is 1210. The average molecular weight is 423 g/mol. The van der Waals surface area contributed by atoms with Crippen molar-refractivity contribution < 1.29 is 9.53 Å². The van der Waals surface area contributed by atoms with Crippen LogP contribution in [0.25, 0.3) is 22.4 Å². The molecule has 2 aromatic carbocycles. The molecule has 30 heavy (non-hydrogen) atoms. The predicted molar refractivity (Wildman–Crippen MR) is 117 cm³/mol. The van der Waals surface area contributed by atoms with Gasteiger partial charge in [-0.3, -0.25) is 14.5 Å². The first kappa shape index (κ1) is 19.8. The zero-order chi connectivity index (χ0) is 20.9. The molecule has 2 heterocycles. The Morgan fingerprint density at radius 2 is 2.00 bits per heavy atom. The third kappa shape index (κ3) is 4.25. The minimum absolute atomic E-state index is 0.102. The van der Waals surface area contributed by atoms with E-state index in [1.807, 2.05) is 54.9 Å². The van der Waals surface area contributed by atoms with Crippen LogP contribution in [-0.4, -0.2) is 43.9 Å². The molecule has 0 bridgehead atoms. The van der Waals surface area contributed by atoms with E-state index in [0.29, 0.717) is 17.1 Å². The van der Waals surface area contributed by atoms with Crippen LogP contribution in [-0.2, 0) is 17.9 Å². The Labute approximate surface area is 178 Å². The molecule has 4 aromatic rings. The number of methoxy groups -OCH3 is 1. The minimum atomic E-state index is -0.113. The standard InChI is InChI=1S/C21H22N6O2S/c1-29-16-9-7-15(8-10-16)20-24-25-21(30)27(20)13-19(28)22-11-4-12-26-14-23-17-5-2-3-6-18(17)26/h2-3,5-10,14H,4,11-13H2,1H3,(H,22,28)(H,25,30). The van der Waals surface area contributed by atoms with Gasteiger partial charge in [0.05, 0.1) is 24.5 Å². The molecule has 0 atom stereocenters. The fourth-order valence-corrected chi connectivity index (χ4v) is 3.49. The zero-order valence-corrected chi connectivity index (χ0v) is 17.4. The Balaban J connectivity index is 1.34. The van der Waals surface area contributed by atoms with E-state index in [2.05, 4.69) is 25.1 Å². The van der Waals surface area contributed by atoms with Crippen molar-refractivity contribution in [1.82, 2.24) is 29.6 Å². The molecule has 0 radical (unpaired) electrons. The van der Waals surface area contributed by atoms with Gasteiger partial charge in [0.15, 0.2) is 10.6 Å². The number of nitrogens with one attached hydrogen (secondary N) is 2. The van der Waals surface area contributed by atoms with Crippen LogP contribution >= 0.6 is 12.2 Å². The summed E-state index contributed by atoms with van der Waals surface area (Å²) in [5, 5.41) is 9.99. The van der Waals surface area contributed by atoms with Gasteiger partial charge in [-0.05, 0) is 55.0 Å². The van der Waals surface area contributed by atoms with Crippen LogP contribution in [0.5, 0.6) is 5.75 Å². The van der Waals surface area contributed by atoms with Crippen molar-refractivity contribution in [3.8, 4) is 17.1 Å². The number of fused-ring (bicyclic) bond motifs is 1. The molecule has 9 heteroatoms. The highest BCUT2D eigenvalue weighted by molar-refractivity contribution is 7.71. The van der Waals surface area contributed by atoms with Crippen LogP contribution < -0.4 is 10.1 Å². The van der Waals surface area contributed by atoms with Crippen molar-refractivity contribution >= 4 is 29.2 Å². The number of nitrogens with zero attached hydrogens (tertiary/aromatic N) is 4. The van der Waals surface area contributed by atoms with Crippen LogP contribution in [0, 0.1) is 4.77 Å². The van der Waals surface area contributed by atoms with Crippen LogP contribution in [0.15, 0.2) is 54.9 Å². The summed E-state index contributed by atoms with van der Waals surface area (Å²) in [4.78, 5) is 16.8. The molecular formula is C21H22N6O2S. The summed E-state index contributed by atoms with van der Waals surface area (Å²) < 4.78 is 9.37. The third-order valence-electron chi connectivity index (χ3n) is 4.83. The Morgan fingerprint density at radius 1 is 1.20 bits per heavy atom. The van der Waals surface area contributed by atoms with E-state index in [-0.39, 0.29) is 12.5 Å². The highest BCUT2D eigenvalue weighted by Gasteiger charge is 2.12. The lowest BCUT2D eigenvalue weighted by molar-refractivity contribution is -0.121. The molecule has 8 nitrogen and oxygen atoms in total. The lowest BCUT2D eigenvalue weighted by atomic mass is 10.2. The molecule has 2 N–H and O–H groups in total. The molecule has 0 aliphatic heterocycles. The third-order valence-corrected chi connectivity index (χ3v) is 5.15. The van der Waals surface area contributed by atoms with Gasteiger partial charge < -0.3 is 14.6 Å². The lowest BCUT2D eigenvalue weighted by Crippen LogP contribution is -2.29. The van der Waals surface area contributed by atoms with Crippen molar-refractivity contribution in [3.05, 3.63) is 59.6 Å². The number of hydrogen-bond acceptors (Lipinski definition) is 5. The first-order chi connectivity index (χ1) is 14.7.